The van der Waals surface area contributed by atoms with Gasteiger partial charge in [-0.05, 0) is 42.6 Å². The molecule has 0 saturated carbocycles. The molecule has 0 aliphatic rings. The van der Waals surface area contributed by atoms with E-state index in [-0.39, 0.29) is 4.90 Å². The lowest BCUT2D eigenvalue weighted by Crippen LogP contribution is -2.39. The van der Waals surface area contributed by atoms with Gasteiger partial charge < -0.3 is 0 Å². The fourth-order valence-electron chi connectivity index (χ4n) is 3.12. The molecule has 0 spiro atoms. The number of nitrogens with one attached hydrogen (secondary N) is 1. The molecule has 7 nitrogen and oxygen atoms in total. The highest BCUT2D eigenvalue weighted by Gasteiger charge is 2.28. The molecule has 9 heteroatoms. The van der Waals surface area contributed by atoms with E-state index in [1.807, 2.05) is 36.6 Å². The van der Waals surface area contributed by atoms with Gasteiger partial charge in [-0.1, -0.05) is 42.0 Å². The average Bonchev–Trinajstić information content (AvgIpc) is 3.31. The number of aromatic nitrogens is 1. The minimum absolute atomic E-state index is 0.0888. The molecule has 1 N–H and O–H groups in total. The third-order valence-electron chi connectivity index (χ3n) is 4.70. The van der Waals surface area contributed by atoms with Crippen molar-refractivity contribution in [3.8, 4) is 0 Å². The molecular formula is C23H20N4O3S2. The number of carbonyl (C=O) groups is 1. The number of sulfonamides is 1. The molecule has 2 aromatic heterocycles. The van der Waals surface area contributed by atoms with Gasteiger partial charge in [-0.2, -0.15) is 5.10 Å². The topological polar surface area (TPSA) is 91.7 Å². The summed E-state index contributed by atoms with van der Waals surface area (Å²) in [7, 11) is -4.04. The third kappa shape index (κ3) is 4.68. The van der Waals surface area contributed by atoms with E-state index in [1.165, 1.54) is 29.7 Å². The second-order valence-electron chi connectivity index (χ2n) is 6.99. The van der Waals surface area contributed by atoms with E-state index < -0.39 is 22.5 Å². The van der Waals surface area contributed by atoms with Crippen LogP contribution in [-0.4, -0.2) is 32.1 Å². The molecular weight excluding hydrogens is 444 g/mol. The van der Waals surface area contributed by atoms with Crippen LogP contribution in [0.4, 0.5) is 5.69 Å². The van der Waals surface area contributed by atoms with E-state index in [0.717, 1.165) is 20.1 Å². The Morgan fingerprint density at radius 3 is 2.62 bits per heavy atom. The fourth-order valence-corrected chi connectivity index (χ4v) is 5.14. The summed E-state index contributed by atoms with van der Waals surface area (Å²) in [6.45, 7) is 1.43. The minimum atomic E-state index is -4.04. The van der Waals surface area contributed by atoms with E-state index in [0.29, 0.717) is 11.2 Å². The normalized spacial score (nSPS) is 11.7. The monoisotopic (exact) mass is 464 g/mol. The first-order chi connectivity index (χ1) is 15.4. The van der Waals surface area contributed by atoms with Crippen LogP contribution in [0.3, 0.4) is 0 Å². The van der Waals surface area contributed by atoms with Crippen LogP contribution in [0.1, 0.15) is 10.4 Å². The van der Waals surface area contributed by atoms with Crippen molar-refractivity contribution in [1.29, 1.82) is 0 Å². The second kappa shape index (κ2) is 9.29. The van der Waals surface area contributed by atoms with Gasteiger partial charge in [-0.25, -0.2) is 13.8 Å². The van der Waals surface area contributed by atoms with Gasteiger partial charge >= 0.3 is 0 Å². The van der Waals surface area contributed by atoms with Crippen LogP contribution in [0.15, 0.2) is 88.3 Å². The minimum Gasteiger partial charge on any atom is -0.271 e. The molecule has 1 amide bonds. The van der Waals surface area contributed by atoms with E-state index in [2.05, 4.69) is 15.5 Å². The van der Waals surface area contributed by atoms with Crippen LogP contribution in [0.5, 0.6) is 0 Å². The first-order valence-electron chi connectivity index (χ1n) is 9.74. The molecule has 0 atom stereocenters. The lowest BCUT2D eigenvalue weighted by Gasteiger charge is -2.24. The third-order valence-corrected chi connectivity index (χ3v) is 7.28. The van der Waals surface area contributed by atoms with E-state index >= 15 is 0 Å². The van der Waals surface area contributed by atoms with Crippen molar-refractivity contribution in [3.05, 3.63) is 88.7 Å². The number of benzene rings is 2. The quantitative estimate of drug-likeness (QED) is 0.331. The number of carbonyl (C=O) groups excluding carboxylic acids is 1. The Morgan fingerprint density at radius 2 is 1.88 bits per heavy atom. The maximum absolute atomic E-state index is 13.6. The first kappa shape index (κ1) is 21.7. The Morgan fingerprint density at radius 1 is 1.09 bits per heavy atom. The number of nitrogens with zero attached hydrogens (tertiary/aromatic N) is 3. The van der Waals surface area contributed by atoms with Crippen LogP contribution in [-0.2, 0) is 14.8 Å². The summed E-state index contributed by atoms with van der Waals surface area (Å²) in [4.78, 5) is 18.0. The average molecular weight is 465 g/mol. The van der Waals surface area contributed by atoms with E-state index in [1.54, 1.807) is 36.5 Å². The predicted octanol–water partition coefficient (Wildman–Crippen LogP) is 3.95. The first-order valence-corrected chi connectivity index (χ1v) is 12.1. The van der Waals surface area contributed by atoms with Gasteiger partial charge in [0.2, 0.25) is 0 Å². The number of hydrazone groups is 1. The molecule has 0 unspecified atom stereocenters. The Labute approximate surface area is 190 Å². The predicted molar refractivity (Wildman–Crippen MR) is 128 cm³/mol. The van der Waals surface area contributed by atoms with Crippen molar-refractivity contribution in [2.75, 3.05) is 10.8 Å². The maximum Gasteiger partial charge on any atom is 0.264 e. The highest BCUT2D eigenvalue weighted by Crippen LogP contribution is 2.29. The largest absolute Gasteiger partial charge is 0.271 e. The molecule has 0 aliphatic heterocycles. The fraction of sp³-hybridized carbons (Fsp3) is 0.0870. The molecule has 0 fully saturated rings. The highest BCUT2D eigenvalue weighted by molar-refractivity contribution is 7.92. The van der Waals surface area contributed by atoms with Crippen molar-refractivity contribution in [1.82, 2.24) is 10.4 Å². The number of pyridine rings is 1. The van der Waals surface area contributed by atoms with Gasteiger partial charge in [-0.15, -0.1) is 11.3 Å². The lowest BCUT2D eigenvalue weighted by atomic mass is 10.2. The number of anilines is 1. The van der Waals surface area contributed by atoms with Crippen LogP contribution in [0.2, 0.25) is 0 Å². The van der Waals surface area contributed by atoms with Gasteiger partial charge in [0.05, 0.1) is 22.3 Å². The Bertz CT molecular complexity index is 1360. The summed E-state index contributed by atoms with van der Waals surface area (Å²) in [5.74, 6) is -0.568. The van der Waals surface area contributed by atoms with E-state index in [4.69, 9.17) is 0 Å². The van der Waals surface area contributed by atoms with Gasteiger partial charge in [0.1, 0.15) is 6.54 Å². The number of amides is 1. The summed E-state index contributed by atoms with van der Waals surface area (Å²) in [6.07, 6.45) is 3.11. The molecule has 0 bridgehead atoms. The number of fused-ring (bicyclic) bond motifs is 1. The molecule has 2 aromatic carbocycles. The summed E-state index contributed by atoms with van der Waals surface area (Å²) in [6, 6.07) is 19.1. The summed E-state index contributed by atoms with van der Waals surface area (Å²) in [5, 5.41) is 6.60. The van der Waals surface area contributed by atoms with Crippen molar-refractivity contribution in [2.24, 2.45) is 5.10 Å². The lowest BCUT2D eigenvalue weighted by molar-refractivity contribution is -0.119. The van der Waals surface area contributed by atoms with Crippen molar-refractivity contribution in [2.45, 2.75) is 11.8 Å². The zero-order valence-corrected chi connectivity index (χ0v) is 18.8. The van der Waals surface area contributed by atoms with Gasteiger partial charge in [-0.3, -0.25) is 14.1 Å². The molecule has 32 heavy (non-hydrogen) atoms. The van der Waals surface area contributed by atoms with Crippen molar-refractivity contribution in [3.63, 3.8) is 0 Å². The van der Waals surface area contributed by atoms with Gasteiger partial charge in [0.25, 0.3) is 15.9 Å². The number of para-hydroxylation sites is 1. The van der Waals surface area contributed by atoms with Crippen LogP contribution in [0, 0.1) is 6.92 Å². The zero-order chi connectivity index (χ0) is 22.6. The van der Waals surface area contributed by atoms with Crippen LogP contribution < -0.4 is 9.73 Å². The van der Waals surface area contributed by atoms with Gasteiger partial charge in [0.15, 0.2) is 0 Å². The molecule has 0 aliphatic carbocycles. The zero-order valence-electron chi connectivity index (χ0n) is 17.2. The smallest absolute Gasteiger partial charge is 0.264 e. The summed E-state index contributed by atoms with van der Waals surface area (Å²) < 4.78 is 28.2. The number of hydrogen-bond donors (Lipinski definition) is 1. The molecule has 4 rings (SSSR count). The highest BCUT2D eigenvalue weighted by atomic mass is 32.2. The molecule has 0 radical (unpaired) electrons. The van der Waals surface area contributed by atoms with Crippen molar-refractivity contribution >= 4 is 50.1 Å². The number of aryl methyl sites for hydroxylation is 1. The summed E-state index contributed by atoms with van der Waals surface area (Å²) >= 11 is 1.47. The van der Waals surface area contributed by atoms with Crippen molar-refractivity contribution < 1.29 is 13.2 Å². The molecule has 2 heterocycles. The number of hydrogen-bond acceptors (Lipinski definition) is 6. The number of rotatable bonds is 7. The number of thiophene rings is 1. The van der Waals surface area contributed by atoms with Crippen LogP contribution >= 0.6 is 11.3 Å². The standard InChI is InChI=1S/C23H20N4O3S2/c1-17-9-11-20(12-10-17)32(29,30)27(16-22(28)26-25-15-19-7-4-14-31-19)21-8-2-5-18-6-3-13-24-23(18)21/h2-15H,16H2,1H3,(H,26,28)/b25-15-. The maximum atomic E-state index is 13.6. The SMILES string of the molecule is Cc1ccc(S(=O)(=O)N(CC(=O)N/N=C\c2cccs2)c2cccc3cccnc23)cc1. The Balaban J connectivity index is 1.71. The molecule has 0 saturated heterocycles. The Hall–Kier alpha value is -3.56. The Kier molecular flexibility index (Phi) is 6.29. The second-order valence-corrected chi connectivity index (χ2v) is 9.83. The van der Waals surface area contributed by atoms with Crippen LogP contribution in [0.25, 0.3) is 10.9 Å². The summed E-state index contributed by atoms with van der Waals surface area (Å²) in [5.41, 5.74) is 4.15. The van der Waals surface area contributed by atoms with E-state index in [9.17, 15) is 13.2 Å². The molecule has 162 valence electrons. The molecule has 4 aromatic rings. The van der Waals surface area contributed by atoms with Gasteiger partial charge in [0, 0.05) is 16.5 Å².